The van der Waals surface area contributed by atoms with Gasteiger partial charge in [-0.05, 0) is 38.6 Å². The van der Waals surface area contributed by atoms with E-state index >= 15 is 0 Å². The minimum atomic E-state index is 0.453. The molecule has 0 aliphatic carbocycles. The van der Waals surface area contributed by atoms with Crippen LogP contribution in [0.1, 0.15) is 13.8 Å². The third-order valence-corrected chi connectivity index (χ3v) is 4.74. The summed E-state index contributed by atoms with van der Waals surface area (Å²) in [5.74, 6) is 3.38. The molecule has 1 unspecified atom stereocenters. The molecule has 0 saturated carbocycles. The number of rotatable bonds is 5. The number of ether oxygens (including phenoxy) is 1. The third kappa shape index (κ3) is 3.62. The molecule has 2 fully saturated rings. The zero-order valence-corrected chi connectivity index (χ0v) is 11.3. The lowest BCUT2D eigenvalue weighted by Crippen LogP contribution is -2.47. The normalized spacial score (nSPS) is 28.3. The Morgan fingerprint density at radius 3 is 2.81 bits per heavy atom. The summed E-state index contributed by atoms with van der Waals surface area (Å²) in [7, 11) is 0. The van der Waals surface area contributed by atoms with Gasteiger partial charge in [0.2, 0.25) is 0 Å². The predicted molar refractivity (Wildman–Crippen MR) is 70.1 cm³/mol. The van der Waals surface area contributed by atoms with Gasteiger partial charge in [-0.2, -0.15) is 11.8 Å². The molecule has 0 amide bonds. The van der Waals surface area contributed by atoms with Crippen molar-refractivity contribution in [2.75, 3.05) is 44.3 Å². The van der Waals surface area contributed by atoms with Gasteiger partial charge in [0, 0.05) is 24.9 Å². The average molecular weight is 244 g/mol. The lowest BCUT2D eigenvalue weighted by molar-refractivity contribution is -0.0265. The molecule has 2 aliphatic heterocycles. The summed E-state index contributed by atoms with van der Waals surface area (Å²) in [4.78, 5) is 2.53. The number of thioether (sulfide) groups is 1. The van der Waals surface area contributed by atoms with Gasteiger partial charge in [-0.3, -0.25) is 4.90 Å². The molecule has 0 bridgehead atoms. The first-order chi connectivity index (χ1) is 7.75. The van der Waals surface area contributed by atoms with E-state index in [-0.39, 0.29) is 0 Å². The number of nitrogens with zero attached hydrogens (tertiary/aromatic N) is 1. The van der Waals surface area contributed by atoms with Gasteiger partial charge < -0.3 is 10.1 Å². The van der Waals surface area contributed by atoms with Crippen LogP contribution in [0.25, 0.3) is 0 Å². The van der Waals surface area contributed by atoms with Crippen molar-refractivity contribution in [1.82, 2.24) is 10.2 Å². The van der Waals surface area contributed by atoms with Crippen molar-refractivity contribution in [3.05, 3.63) is 0 Å². The first kappa shape index (κ1) is 12.7. The van der Waals surface area contributed by atoms with Crippen molar-refractivity contribution < 1.29 is 4.74 Å². The van der Waals surface area contributed by atoms with Crippen LogP contribution in [0.2, 0.25) is 0 Å². The molecule has 2 heterocycles. The molecule has 0 aromatic heterocycles. The lowest BCUT2D eigenvalue weighted by Gasteiger charge is -2.35. The molecule has 16 heavy (non-hydrogen) atoms. The van der Waals surface area contributed by atoms with Gasteiger partial charge in [0.15, 0.2) is 0 Å². The van der Waals surface area contributed by atoms with Gasteiger partial charge in [0.25, 0.3) is 0 Å². The van der Waals surface area contributed by atoms with Gasteiger partial charge in [-0.1, -0.05) is 0 Å². The highest BCUT2D eigenvalue weighted by atomic mass is 32.2. The fraction of sp³-hybridized carbons (Fsp3) is 1.00. The average Bonchev–Trinajstić information content (AvgIpc) is 2.22. The van der Waals surface area contributed by atoms with E-state index in [2.05, 4.69) is 35.8 Å². The molecule has 0 spiro atoms. The quantitative estimate of drug-likeness (QED) is 0.781. The van der Waals surface area contributed by atoms with E-state index in [1.54, 1.807) is 0 Å². The number of morpholine rings is 1. The Labute approximate surface area is 103 Å². The van der Waals surface area contributed by atoms with Crippen LogP contribution in [0.15, 0.2) is 0 Å². The molecule has 0 radical (unpaired) electrons. The van der Waals surface area contributed by atoms with Crippen LogP contribution >= 0.6 is 11.8 Å². The highest BCUT2D eigenvalue weighted by molar-refractivity contribution is 7.99. The Morgan fingerprint density at radius 2 is 2.19 bits per heavy atom. The van der Waals surface area contributed by atoms with Crippen LogP contribution < -0.4 is 5.32 Å². The van der Waals surface area contributed by atoms with Crippen molar-refractivity contribution in [1.29, 1.82) is 0 Å². The van der Waals surface area contributed by atoms with Crippen LogP contribution in [0.3, 0.4) is 0 Å². The molecule has 2 saturated heterocycles. The minimum absolute atomic E-state index is 0.453. The molecular weight excluding hydrogens is 220 g/mol. The molecule has 2 aliphatic rings. The maximum absolute atomic E-state index is 5.81. The molecule has 1 N–H and O–H groups in total. The van der Waals surface area contributed by atoms with Crippen LogP contribution in [0.4, 0.5) is 0 Å². The number of nitrogens with one attached hydrogen (secondary N) is 1. The van der Waals surface area contributed by atoms with E-state index in [0.29, 0.717) is 12.1 Å². The summed E-state index contributed by atoms with van der Waals surface area (Å²) < 4.78 is 5.81. The topological polar surface area (TPSA) is 24.5 Å². The van der Waals surface area contributed by atoms with E-state index in [1.165, 1.54) is 24.6 Å². The van der Waals surface area contributed by atoms with Crippen LogP contribution in [0.5, 0.6) is 0 Å². The number of hydrogen-bond acceptors (Lipinski definition) is 4. The van der Waals surface area contributed by atoms with Crippen LogP contribution in [-0.4, -0.2) is 61.3 Å². The van der Waals surface area contributed by atoms with Gasteiger partial charge in [-0.15, -0.1) is 0 Å². The lowest BCUT2D eigenvalue weighted by atomic mass is 10.1. The summed E-state index contributed by atoms with van der Waals surface area (Å²) in [5, 5.41) is 3.32. The van der Waals surface area contributed by atoms with Crippen molar-refractivity contribution in [2.24, 2.45) is 5.92 Å². The van der Waals surface area contributed by atoms with Gasteiger partial charge in [-0.25, -0.2) is 0 Å². The van der Waals surface area contributed by atoms with Crippen molar-refractivity contribution in [2.45, 2.75) is 26.0 Å². The van der Waals surface area contributed by atoms with E-state index in [0.717, 1.165) is 25.6 Å². The monoisotopic (exact) mass is 244 g/mol. The number of hydrogen-bond donors (Lipinski definition) is 1. The van der Waals surface area contributed by atoms with E-state index in [9.17, 15) is 0 Å². The molecule has 0 aromatic carbocycles. The van der Waals surface area contributed by atoms with Crippen molar-refractivity contribution in [3.8, 4) is 0 Å². The van der Waals surface area contributed by atoms with E-state index in [4.69, 9.17) is 4.74 Å². The maximum atomic E-state index is 5.81. The molecule has 0 aromatic rings. The molecule has 2 rings (SSSR count). The molecule has 94 valence electrons. The minimum Gasteiger partial charge on any atom is -0.375 e. The third-order valence-electron chi connectivity index (χ3n) is 3.42. The van der Waals surface area contributed by atoms with Gasteiger partial charge in [0.05, 0.1) is 12.7 Å². The van der Waals surface area contributed by atoms with E-state index < -0.39 is 0 Å². The van der Waals surface area contributed by atoms with Gasteiger partial charge in [0.1, 0.15) is 0 Å². The summed E-state index contributed by atoms with van der Waals surface area (Å²) in [6.07, 6.45) is 0.453. The smallest absolute Gasteiger partial charge is 0.0792 e. The first-order valence-electron chi connectivity index (χ1n) is 6.40. The van der Waals surface area contributed by atoms with Crippen LogP contribution in [-0.2, 0) is 4.74 Å². The van der Waals surface area contributed by atoms with Gasteiger partial charge >= 0.3 is 0 Å². The molecule has 4 heteroatoms. The highest BCUT2D eigenvalue weighted by Crippen LogP contribution is 2.17. The fourth-order valence-corrected chi connectivity index (χ4v) is 3.31. The standard InChI is InChI=1S/C12H24N2OS/c1-10(2)14-3-4-15-12(7-14)9-16-8-11-5-13-6-11/h10-13H,3-9H2,1-2H3. The largest absolute Gasteiger partial charge is 0.375 e. The van der Waals surface area contributed by atoms with Crippen LogP contribution in [0, 0.1) is 5.92 Å². The SMILES string of the molecule is CC(C)N1CCOC(CSCC2CNC2)C1. The summed E-state index contributed by atoms with van der Waals surface area (Å²) in [5.41, 5.74) is 0. The predicted octanol–water partition coefficient (Wildman–Crippen LogP) is 1.05. The Bertz CT molecular complexity index is 209. The highest BCUT2D eigenvalue weighted by Gasteiger charge is 2.23. The second-order valence-corrected chi connectivity index (χ2v) is 6.22. The second-order valence-electron chi connectivity index (χ2n) is 5.14. The maximum Gasteiger partial charge on any atom is 0.0792 e. The molecular formula is C12H24N2OS. The first-order valence-corrected chi connectivity index (χ1v) is 7.55. The Balaban J connectivity index is 1.60. The Hall–Kier alpha value is 0.230. The van der Waals surface area contributed by atoms with E-state index in [1.807, 2.05) is 0 Å². The van der Waals surface area contributed by atoms with Crippen molar-refractivity contribution in [3.63, 3.8) is 0 Å². The fourth-order valence-electron chi connectivity index (χ4n) is 2.14. The molecule has 3 nitrogen and oxygen atoms in total. The van der Waals surface area contributed by atoms with Crippen molar-refractivity contribution >= 4 is 11.8 Å². The Kier molecular flexibility index (Phi) is 4.95. The summed E-state index contributed by atoms with van der Waals surface area (Å²) >= 11 is 2.07. The zero-order chi connectivity index (χ0) is 11.4. The summed E-state index contributed by atoms with van der Waals surface area (Å²) in [6, 6.07) is 0.659. The second kappa shape index (κ2) is 6.24. The molecule has 1 atom stereocenters. The summed E-state index contributed by atoms with van der Waals surface area (Å²) in [6.45, 7) is 10.1. The Morgan fingerprint density at radius 1 is 1.38 bits per heavy atom. The zero-order valence-electron chi connectivity index (χ0n) is 10.4.